The number of rotatable bonds is 9. The Balaban J connectivity index is 1.50. The van der Waals surface area contributed by atoms with E-state index in [-0.39, 0.29) is 5.54 Å². The van der Waals surface area contributed by atoms with E-state index in [4.69, 9.17) is 10.5 Å². The third kappa shape index (κ3) is 4.03. The molecule has 4 N–H and O–H groups in total. The molecule has 0 unspecified atom stereocenters. The molecule has 1 heterocycles. The lowest BCUT2D eigenvalue weighted by Crippen LogP contribution is -2.63. The van der Waals surface area contributed by atoms with E-state index in [0.29, 0.717) is 17.4 Å². The van der Waals surface area contributed by atoms with Gasteiger partial charge in [0.25, 0.3) is 0 Å². The van der Waals surface area contributed by atoms with Gasteiger partial charge in [0, 0.05) is 37.9 Å². The van der Waals surface area contributed by atoms with Gasteiger partial charge in [0.15, 0.2) is 0 Å². The highest BCUT2D eigenvalue weighted by atomic mass is 16.5. The van der Waals surface area contributed by atoms with E-state index in [1.54, 1.807) is 13.3 Å². The van der Waals surface area contributed by atoms with Crippen LogP contribution in [0.25, 0.3) is 0 Å². The highest BCUT2D eigenvalue weighted by molar-refractivity contribution is 5.79. The second kappa shape index (κ2) is 7.59. The Kier molecular flexibility index (Phi) is 5.12. The second-order valence-electron chi connectivity index (χ2n) is 8.61. The van der Waals surface area contributed by atoms with Gasteiger partial charge in [0.2, 0.25) is 5.95 Å². The number of aromatic nitrogens is 2. The maximum atomic E-state index is 6.35. The molecule has 0 radical (unpaired) electrons. The van der Waals surface area contributed by atoms with Gasteiger partial charge in [-0.25, -0.2) is 4.98 Å². The van der Waals surface area contributed by atoms with Crippen LogP contribution in [0.2, 0.25) is 0 Å². The zero-order chi connectivity index (χ0) is 20.6. The summed E-state index contributed by atoms with van der Waals surface area (Å²) in [5.41, 5.74) is 8.99. The van der Waals surface area contributed by atoms with Crippen molar-refractivity contribution in [3.63, 3.8) is 0 Å². The maximum Gasteiger partial charge on any atom is 0.229 e. The smallest absolute Gasteiger partial charge is 0.229 e. The summed E-state index contributed by atoms with van der Waals surface area (Å²) in [6.45, 7) is 1.81. The number of hydrogen-bond acceptors (Lipinski definition) is 8. The Labute approximate surface area is 172 Å². The molecular formula is C21H31N7O. The van der Waals surface area contributed by atoms with Crippen LogP contribution in [-0.4, -0.2) is 61.7 Å². The first-order valence-corrected chi connectivity index (χ1v) is 10.1. The quantitative estimate of drug-likeness (QED) is 0.557. The molecule has 3 fully saturated rings. The Morgan fingerprint density at radius 3 is 2.59 bits per heavy atom. The largest absolute Gasteiger partial charge is 0.494 e. The molecule has 1 aromatic carbocycles. The molecule has 2 aromatic rings. The highest BCUT2D eigenvalue weighted by Gasteiger charge is 2.56. The van der Waals surface area contributed by atoms with Gasteiger partial charge >= 0.3 is 0 Å². The molecule has 3 aliphatic carbocycles. The van der Waals surface area contributed by atoms with Crippen LogP contribution in [0.3, 0.4) is 0 Å². The van der Waals surface area contributed by atoms with Crippen molar-refractivity contribution in [1.29, 1.82) is 0 Å². The number of ether oxygens (including phenoxy) is 1. The van der Waals surface area contributed by atoms with Crippen LogP contribution in [0.5, 0.6) is 5.75 Å². The minimum Gasteiger partial charge on any atom is -0.494 e. The molecule has 1 aromatic heterocycles. The highest BCUT2D eigenvalue weighted by Crippen LogP contribution is 2.58. The van der Waals surface area contributed by atoms with Crippen molar-refractivity contribution >= 4 is 28.8 Å². The van der Waals surface area contributed by atoms with Crippen LogP contribution in [0, 0.1) is 5.92 Å². The Bertz CT molecular complexity index is 868. The molecule has 0 saturated heterocycles. The summed E-state index contributed by atoms with van der Waals surface area (Å²) in [7, 11) is 7.80. The lowest BCUT2D eigenvalue weighted by Gasteiger charge is -2.62. The number of anilines is 5. The molecule has 0 spiro atoms. The zero-order valence-corrected chi connectivity index (χ0v) is 17.7. The average molecular weight is 398 g/mol. The summed E-state index contributed by atoms with van der Waals surface area (Å²) in [6, 6.07) is 5.75. The van der Waals surface area contributed by atoms with Crippen molar-refractivity contribution in [2.75, 3.05) is 62.6 Å². The first kappa shape index (κ1) is 19.6. The fraction of sp³-hybridized carbons (Fsp3) is 0.524. The number of nitrogens with two attached hydrogens (primary N) is 1. The molecule has 156 valence electrons. The first-order valence-electron chi connectivity index (χ1n) is 10.1. The minimum atomic E-state index is 0.275. The van der Waals surface area contributed by atoms with Gasteiger partial charge in [-0.05, 0) is 51.4 Å². The molecule has 3 saturated carbocycles. The molecular weight excluding hydrogens is 366 g/mol. The zero-order valence-electron chi connectivity index (χ0n) is 17.7. The summed E-state index contributed by atoms with van der Waals surface area (Å²) >= 11 is 0. The maximum absolute atomic E-state index is 6.35. The van der Waals surface area contributed by atoms with E-state index in [9.17, 15) is 0 Å². The third-order valence-electron chi connectivity index (χ3n) is 5.98. The van der Waals surface area contributed by atoms with E-state index in [1.165, 1.54) is 19.3 Å². The van der Waals surface area contributed by atoms with Crippen molar-refractivity contribution in [3.8, 4) is 5.75 Å². The molecule has 0 aliphatic heterocycles. The average Bonchev–Trinajstić information content (AvgIpc) is 2.62. The number of methoxy groups -OCH3 is 1. The van der Waals surface area contributed by atoms with Crippen LogP contribution in [0.15, 0.2) is 24.4 Å². The van der Waals surface area contributed by atoms with Crippen molar-refractivity contribution in [1.82, 2.24) is 14.9 Å². The Morgan fingerprint density at radius 1 is 1.21 bits per heavy atom. The second-order valence-corrected chi connectivity index (χ2v) is 8.61. The number of likely N-dealkylation sites (N-methyl/N-ethyl adjacent to an activating group) is 2. The first-order chi connectivity index (χ1) is 13.9. The van der Waals surface area contributed by atoms with Crippen molar-refractivity contribution in [2.24, 2.45) is 5.92 Å². The van der Waals surface area contributed by atoms with Crippen molar-refractivity contribution in [2.45, 2.75) is 24.8 Å². The number of nitrogens with zero attached hydrogens (tertiary/aromatic N) is 4. The van der Waals surface area contributed by atoms with E-state index in [0.717, 1.165) is 36.2 Å². The molecule has 8 heteroatoms. The number of hydrogen-bond donors (Lipinski definition) is 3. The molecule has 2 bridgehead atoms. The summed E-state index contributed by atoms with van der Waals surface area (Å²) < 4.78 is 5.61. The molecule has 0 amide bonds. The summed E-state index contributed by atoms with van der Waals surface area (Å²) in [6.07, 6.45) is 5.54. The van der Waals surface area contributed by atoms with Gasteiger partial charge in [-0.3, -0.25) is 0 Å². The number of nitrogen functional groups attached to an aromatic ring is 1. The fourth-order valence-corrected chi connectivity index (χ4v) is 4.17. The predicted octanol–water partition coefficient (Wildman–Crippen LogP) is 2.77. The van der Waals surface area contributed by atoms with Crippen LogP contribution >= 0.6 is 0 Å². The van der Waals surface area contributed by atoms with Crippen LogP contribution in [0.4, 0.5) is 28.8 Å². The summed E-state index contributed by atoms with van der Waals surface area (Å²) in [5, 5.41) is 6.84. The Hall–Kier alpha value is -2.74. The molecule has 3 aliphatic rings. The van der Waals surface area contributed by atoms with E-state index < -0.39 is 0 Å². The lowest BCUT2D eigenvalue weighted by atomic mass is 9.50. The summed E-state index contributed by atoms with van der Waals surface area (Å²) in [4.78, 5) is 13.3. The van der Waals surface area contributed by atoms with Crippen molar-refractivity contribution in [3.05, 3.63) is 24.4 Å². The van der Waals surface area contributed by atoms with Gasteiger partial charge < -0.3 is 30.9 Å². The van der Waals surface area contributed by atoms with Crippen LogP contribution in [-0.2, 0) is 0 Å². The normalized spacial score (nSPS) is 21.9. The topological polar surface area (TPSA) is 91.6 Å². The lowest BCUT2D eigenvalue weighted by molar-refractivity contribution is 0.00182. The Morgan fingerprint density at radius 2 is 1.97 bits per heavy atom. The summed E-state index contributed by atoms with van der Waals surface area (Å²) in [5.74, 6) is 3.00. The van der Waals surface area contributed by atoms with Gasteiger partial charge in [0.05, 0.1) is 24.2 Å². The van der Waals surface area contributed by atoms with Gasteiger partial charge in [-0.1, -0.05) is 0 Å². The molecule has 0 atom stereocenters. The number of benzene rings is 1. The van der Waals surface area contributed by atoms with E-state index >= 15 is 0 Å². The van der Waals surface area contributed by atoms with Gasteiger partial charge in [-0.15, -0.1) is 0 Å². The van der Waals surface area contributed by atoms with Gasteiger partial charge in [-0.2, -0.15) is 4.98 Å². The minimum absolute atomic E-state index is 0.275. The van der Waals surface area contributed by atoms with E-state index in [2.05, 4.69) is 44.5 Å². The SMILES string of the molecule is COc1cc(N(C)CCN(C)C)c(N)cc1Nc1nccc(NC23CC(C2)C3)n1. The van der Waals surface area contributed by atoms with Crippen molar-refractivity contribution < 1.29 is 4.74 Å². The predicted molar refractivity (Wildman–Crippen MR) is 118 cm³/mol. The van der Waals surface area contributed by atoms with Gasteiger partial charge in [0.1, 0.15) is 11.6 Å². The fourth-order valence-electron chi connectivity index (χ4n) is 4.17. The van der Waals surface area contributed by atoms with Crippen LogP contribution < -0.4 is 26.0 Å². The van der Waals surface area contributed by atoms with Crippen LogP contribution in [0.1, 0.15) is 19.3 Å². The monoisotopic (exact) mass is 397 g/mol. The third-order valence-corrected chi connectivity index (χ3v) is 5.98. The molecule has 8 nitrogen and oxygen atoms in total. The molecule has 5 rings (SSSR count). The number of nitrogens with one attached hydrogen (secondary N) is 2. The standard InChI is InChI=1S/C21H31N7O/c1-27(2)7-8-28(3)17-10-18(29-4)16(9-15(17)22)24-20-23-6-5-19(25-20)26-21-11-14(12-21)13-21/h5-6,9-10,14H,7-8,11-13,22H2,1-4H3,(H2,23,24,25,26). The van der Waals surface area contributed by atoms with E-state index in [1.807, 2.05) is 25.2 Å². The molecule has 29 heavy (non-hydrogen) atoms.